The maximum absolute atomic E-state index is 15.1. The maximum atomic E-state index is 15.1. The average molecular weight is 585 g/mol. The molecule has 1 aliphatic rings. The molecule has 12 nitrogen and oxygen atoms in total. The van der Waals surface area contributed by atoms with Gasteiger partial charge in [0.1, 0.15) is 11.4 Å². The smallest absolute Gasteiger partial charge is 0.341 e. The number of carbonyl (C=O) groups excluding carboxylic acids is 1. The lowest BCUT2D eigenvalue weighted by Gasteiger charge is -2.36. The van der Waals surface area contributed by atoms with Crippen LogP contribution in [0, 0.1) is 15.9 Å². The predicted molar refractivity (Wildman–Crippen MR) is 149 cm³/mol. The minimum Gasteiger partial charge on any atom is -0.477 e. The number of Topliss-reactive ketones (excluding diaryl/α,β-unsaturated/α-hetero) is 1. The van der Waals surface area contributed by atoms with Gasteiger partial charge in [0.15, 0.2) is 10.1 Å². The molecule has 1 N–H and O–H groups in total. The van der Waals surface area contributed by atoms with Crippen LogP contribution in [0.1, 0.15) is 20.7 Å². The summed E-state index contributed by atoms with van der Waals surface area (Å²) in [7, 11) is 1.61. The summed E-state index contributed by atoms with van der Waals surface area (Å²) in [4.78, 5) is 50.5. The number of hydrogen-bond acceptors (Lipinski definition) is 11. The summed E-state index contributed by atoms with van der Waals surface area (Å²) < 4.78 is 17.2. The number of aromatic nitrogens is 3. The van der Waals surface area contributed by atoms with Crippen LogP contribution in [0.4, 0.5) is 20.9 Å². The third-order valence-corrected chi connectivity index (χ3v) is 8.62. The molecule has 2 aromatic heterocycles. The first-order valence-corrected chi connectivity index (χ1v) is 13.7. The number of ketones is 1. The van der Waals surface area contributed by atoms with Crippen molar-refractivity contribution in [2.45, 2.75) is 4.34 Å². The molecule has 0 unspecified atom stereocenters. The van der Waals surface area contributed by atoms with Gasteiger partial charge in [0, 0.05) is 62.5 Å². The predicted octanol–water partition coefficient (Wildman–Crippen LogP) is 3.44. The fourth-order valence-electron chi connectivity index (χ4n) is 4.39. The molecule has 0 aliphatic carbocycles. The molecular weight excluding hydrogens is 563 g/mol. The lowest BCUT2D eigenvalue weighted by molar-refractivity contribution is -0.384. The lowest BCUT2D eigenvalue weighted by Crippen LogP contribution is -2.46. The van der Waals surface area contributed by atoms with Crippen molar-refractivity contribution < 1.29 is 24.0 Å². The molecule has 3 heterocycles. The van der Waals surface area contributed by atoms with Crippen LogP contribution in [0.15, 0.2) is 51.7 Å². The zero-order valence-electron chi connectivity index (χ0n) is 20.9. The lowest BCUT2D eigenvalue weighted by atomic mass is 10.1. The number of fused-ring (bicyclic) bond motifs is 1. The Labute approximate surface area is 233 Å². The highest BCUT2D eigenvalue weighted by Crippen LogP contribution is 2.31. The number of anilines is 2. The van der Waals surface area contributed by atoms with E-state index in [0.29, 0.717) is 52.4 Å². The first-order valence-electron chi connectivity index (χ1n) is 11.9. The molecule has 15 heteroatoms. The van der Waals surface area contributed by atoms with E-state index in [2.05, 4.69) is 10.2 Å². The van der Waals surface area contributed by atoms with Crippen molar-refractivity contribution in [2.24, 2.45) is 7.05 Å². The largest absolute Gasteiger partial charge is 0.477 e. The normalized spacial score (nSPS) is 13.6. The van der Waals surface area contributed by atoms with E-state index >= 15 is 4.39 Å². The number of pyridine rings is 1. The van der Waals surface area contributed by atoms with Crippen molar-refractivity contribution >= 4 is 62.3 Å². The molecule has 2 aromatic carbocycles. The number of carboxylic acids is 1. The summed E-state index contributed by atoms with van der Waals surface area (Å²) in [6.45, 7) is 2.03. The summed E-state index contributed by atoms with van der Waals surface area (Å²) in [5.74, 6) is -2.04. The van der Waals surface area contributed by atoms with Crippen LogP contribution in [-0.4, -0.2) is 68.5 Å². The minimum atomic E-state index is -1.36. The molecule has 0 atom stereocenters. The Morgan fingerprint density at radius 1 is 1.12 bits per heavy atom. The minimum absolute atomic E-state index is 0.00763. The zero-order valence-corrected chi connectivity index (χ0v) is 22.6. The SMILES string of the molecule is Cn1cc(C(=O)O)c(=O)c2cc(F)c(N3CCN(c4nnc(SCC(=O)c5ccc([N+](=O)[O-])cc5)s4)CC3)cc21. The fraction of sp³-hybridized carbons (Fsp3) is 0.240. The van der Waals surface area contributed by atoms with Gasteiger partial charge < -0.3 is 19.5 Å². The molecule has 0 bridgehead atoms. The van der Waals surface area contributed by atoms with Gasteiger partial charge in [0.05, 0.1) is 21.9 Å². The van der Waals surface area contributed by atoms with Crippen LogP contribution in [0.3, 0.4) is 0 Å². The quantitative estimate of drug-likeness (QED) is 0.140. The van der Waals surface area contributed by atoms with Crippen LogP contribution in [0.5, 0.6) is 0 Å². The second-order valence-electron chi connectivity index (χ2n) is 8.95. The highest BCUT2D eigenvalue weighted by Gasteiger charge is 2.24. The molecule has 206 valence electrons. The summed E-state index contributed by atoms with van der Waals surface area (Å²) in [5.41, 5.74) is -0.0914. The number of nitrogens with zero attached hydrogens (tertiary/aromatic N) is 6. The third-order valence-electron chi connectivity index (χ3n) is 6.50. The number of rotatable bonds is 8. The number of aryl methyl sites for hydroxylation is 1. The van der Waals surface area contributed by atoms with E-state index in [-0.39, 0.29) is 22.6 Å². The number of non-ortho nitro benzene ring substituents is 1. The van der Waals surface area contributed by atoms with Crippen molar-refractivity contribution in [1.82, 2.24) is 14.8 Å². The fourth-order valence-corrected chi connectivity index (χ4v) is 6.18. The third kappa shape index (κ3) is 5.37. The molecule has 0 amide bonds. The highest BCUT2D eigenvalue weighted by molar-refractivity contribution is 8.01. The Morgan fingerprint density at radius 2 is 1.80 bits per heavy atom. The van der Waals surface area contributed by atoms with Crippen molar-refractivity contribution in [3.63, 3.8) is 0 Å². The zero-order chi connectivity index (χ0) is 28.6. The number of hydrogen-bond donors (Lipinski definition) is 1. The number of nitro benzene ring substituents is 1. The second kappa shape index (κ2) is 11.0. The van der Waals surface area contributed by atoms with Crippen LogP contribution in [0.2, 0.25) is 0 Å². The van der Waals surface area contributed by atoms with Gasteiger partial charge in [0.2, 0.25) is 10.6 Å². The molecule has 0 radical (unpaired) electrons. The van der Waals surface area contributed by atoms with Gasteiger partial charge in [-0.05, 0) is 24.3 Å². The van der Waals surface area contributed by atoms with Gasteiger partial charge in [0.25, 0.3) is 5.69 Å². The Kier molecular flexibility index (Phi) is 7.49. The van der Waals surface area contributed by atoms with Crippen LogP contribution < -0.4 is 15.2 Å². The number of thioether (sulfide) groups is 1. The standard InChI is InChI=1S/C25H21FN6O6S2/c1-29-12-17(23(35)36)22(34)16-10-18(26)20(11-19(16)29)30-6-8-31(9-7-30)24-27-28-25(40-24)39-13-21(33)14-2-4-15(5-3-14)32(37)38/h2-5,10-12H,6-9,13H2,1H3,(H,35,36). The molecule has 40 heavy (non-hydrogen) atoms. The van der Waals surface area contributed by atoms with Crippen molar-refractivity contribution in [1.29, 1.82) is 0 Å². The number of piperazine rings is 1. The topological polar surface area (TPSA) is 152 Å². The molecule has 1 aliphatic heterocycles. The molecule has 0 saturated carbocycles. The van der Waals surface area contributed by atoms with Crippen molar-refractivity contribution in [3.8, 4) is 0 Å². The Balaban J connectivity index is 1.22. The Bertz CT molecular complexity index is 1700. The number of aromatic carboxylic acids is 1. The molecule has 1 saturated heterocycles. The maximum Gasteiger partial charge on any atom is 0.341 e. The average Bonchev–Trinajstić information content (AvgIpc) is 3.42. The molecule has 5 rings (SSSR count). The monoisotopic (exact) mass is 584 g/mol. The van der Waals surface area contributed by atoms with Crippen LogP contribution in [0.25, 0.3) is 10.9 Å². The van der Waals surface area contributed by atoms with E-state index in [1.165, 1.54) is 58.1 Å². The number of nitro groups is 1. The number of halogens is 1. The molecular formula is C25H21FN6O6S2. The van der Waals surface area contributed by atoms with Gasteiger partial charge in [-0.15, -0.1) is 10.2 Å². The number of carboxylic acid groups (broad SMARTS) is 1. The van der Waals surface area contributed by atoms with Crippen molar-refractivity contribution in [2.75, 3.05) is 41.7 Å². The van der Waals surface area contributed by atoms with Gasteiger partial charge >= 0.3 is 5.97 Å². The van der Waals surface area contributed by atoms with E-state index in [1.807, 2.05) is 9.80 Å². The number of benzene rings is 2. The van der Waals surface area contributed by atoms with Crippen LogP contribution >= 0.6 is 23.1 Å². The molecule has 1 fully saturated rings. The van der Waals surface area contributed by atoms with E-state index in [9.17, 15) is 29.6 Å². The first-order chi connectivity index (χ1) is 19.1. The van der Waals surface area contributed by atoms with E-state index in [4.69, 9.17) is 0 Å². The Morgan fingerprint density at radius 3 is 2.45 bits per heavy atom. The summed E-state index contributed by atoms with van der Waals surface area (Å²) >= 11 is 2.57. The summed E-state index contributed by atoms with van der Waals surface area (Å²) in [5, 5.41) is 29.1. The van der Waals surface area contributed by atoms with E-state index in [1.54, 1.807) is 13.1 Å². The van der Waals surface area contributed by atoms with E-state index in [0.717, 1.165) is 6.07 Å². The highest BCUT2D eigenvalue weighted by atomic mass is 32.2. The first kappa shape index (κ1) is 27.2. The second-order valence-corrected chi connectivity index (χ2v) is 11.1. The Hall–Kier alpha value is -4.37. The van der Waals surface area contributed by atoms with Crippen LogP contribution in [-0.2, 0) is 7.05 Å². The molecule has 4 aromatic rings. The summed E-state index contributed by atoms with van der Waals surface area (Å²) in [6.07, 6.45) is 1.23. The van der Waals surface area contributed by atoms with Crippen molar-refractivity contribution in [3.05, 3.63) is 79.9 Å². The van der Waals surface area contributed by atoms with Gasteiger partial charge in [-0.25, -0.2) is 9.18 Å². The molecule has 0 spiro atoms. The van der Waals surface area contributed by atoms with Gasteiger partial charge in [-0.2, -0.15) is 0 Å². The summed E-state index contributed by atoms with van der Waals surface area (Å²) in [6, 6.07) is 8.10. The van der Waals surface area contributed by atoms with Gasteiger partial charge in [-0.1, -0.05) is 23.1 Å². The number of carbonyl (C=O) groups is 2. The van der Waals surface area contributed by atoms with E-state index < -0.39 is 27.7 Å². The van der Waals surface area contributed by atoms with Gasteiger partial charge in [-0.3, -0.25) is 19.7 Å².